The highest BCUT2D eigenvalue weighted by molar-refractivity contribution is 5.96. The molecule has 3 aliphatic heterocycles. The third kappa shape index (κ3) is 3.25. The Morgan fingerprint density at radius 3 is 2.68 bits per heavy atom. The first-order valence-electron chi connectivity index (χ1n) is 11.5. The number of H-pyrrole nitrogens is 1. The van der Waals surface area contributed by atoms with Crippen LogP contribution in [-0.4, -0.2) is 65.7 Å². The number of fused-ring (bicyclic) bond motifs is 4. The van der Waals surface area contributed by atoms with Crippen molar-refractivity contribution in [3.63, 3.8) is 0 Å². The summed E-state index contributed by atoms with van der Waals surface area (Å²) < 4.78 is 16.6. The molecule has 6 rings (SSSR count). The van der Waals surface area contributed by atoms with Crippen molar-refractivity contribution in [2.75, 3.05) is 33.1 Å². The molecule has 2 aromatic carbocycles. The quantitative estimate of drug-likeness (QED) is 0.609. The highest BCUT2D eigenvalue weighted by Crippen LogP contribution is 2.44. The molecule has 8 heteroatoms. The van der Waals surface area contributed by atoms with Gasteiger partial charge in [-0.15, -0.1) is 0 Å². The molecule has 1 fully saturated rings. The van der Waals surface area contributed by atoms with E-state index in [-0.39, 0.29) is 18.6 Å². The number of carbonyl (C=O) groups excluding carboxylic acids is 2. The van der Waals surface area contributed by atoms with Gasteiger partial charge in [-0.3, -0.25) is 9.59 Å². The molecule has 2 amide bonds. The molecule has 0 spiro atoms. The van der Waals surface area contributed by atoms with Crippen LogP contribution >= 0.6 is 0 Å². The molecule has 0 bridgehead atoms. The monoisotopic (exact) mass is 459 g/mol. The fraction of sp³-hybridized carbons (Fsp3) is 0.308. The van der Waals surface area contributed by atoms with Crippen LogP contribution in [0.5, 0.6) is 11.5 Å². The van der Waals surface area contributed by atoms with E-state index in [4.69, 9.17) is 14.2 Å². The Kier molecular flexibility index (Phi) is 5.03. The lowest BCUT2D eigenvalue weighted by Gasteiger charge is -2.43. The summed E-state index contributed by atoms with van der Waals surface area (Å²) in [5, 5.41) is 1.06. The maximum Gasteiger partial charge on any atom is 0.247 e. The Morgan fingerprint density at radius 2 is 1.85 bits per heavy atom. The van der Waals surface area contributed by atoms with E-state index in [1.165, 1.54) is 6.08 Å². The predicted octanol–water partition coefficient (Wildman–Crippen LogP) is 2.78. The fourth-order valence-corrected chi connectivity index (χ4v) is 5.28. The molecule has 34 heavy (non-hydrogen) atoms. The topological polar surface area (TPSA) is 84.1 Å². The van der Waals surface area contributed by atoms with Crippen molar-refractivity contribution < 1.29 is 23.8 Å². The zero-order valence-electron chi connectivity index (χ0n) is 18.7. The van der Waals surface area contributed by atoms with Gasteiger partial charge in [0.15, 0.2) is 11.5 Å². The summed E-state index contributed by atoms with van der Waals surface area (Å²) in [6.45, 7) is 5.92. The predicted molar refractivity (Wildman–Crippen MR) is 125 cm³/mol. The van der Waals surface area contributed by atoms with Crippen LogP contribution < -0.4 is 9.47 Å². The number of morpholine rings is 1. The number of benzene rings is 2. The lowest BCUT2D eigenvalue weighted by molar-refractivity contribution is -0.148. The van der Waals surface area contributed by atoms with Crippen LogP contribution in [0.15, 0.2) is 55.1 Å². The zero-order chi connectivity index (χ0) is 23.2. The summed E-state index contributed by atoms with van der Waals surface area (Å²) in [5.41, 5.74) is 3.77. The van der Waals surface area contributed by atoms with Crippen LogP contribution in [0.1, 0.15) is 22.9 Å². The number of nitrogens with one attached hydrogen (secondary N) is 1. The van der Waals surface area contributed by atoms with Gasteiger partial charge in [0.2, 0.25) is 18.6 Å². The highest BCUT2D eigenvalue weighted by atomic mass is 16.7. The molecule has 1 saturated heterocycles. The first kappa shape index (κ1) is 20.8. The van der Waals surface area contributed by atoms with E-state index < -0.39 is 12.1 Å². The van der Waals surface area contributed by atoms with Gasteiger partial charge in [0.25, 0.3) is 0 Å². The smallest absolute Gasteiger partial charge is 0.247 e. The van der Waals surface area contributed by atoms with Gasteiger partial charge in [-0.25, -0.2) is 0 Å². The van der Waals surface area contributed by atoms with Crippen LogP contribution in [0.2, 0.25) is 0 Å². The van der Waals surface area contributed by atoms with E-state index in [9.17, 15) is 9.59 Å². The first-order chi connectivity index (χ1) is 16.7. The third-order valence-corrected chi connectivity index (χ3v) is 6.88. The molecule has 3 aliphatic rings. The molecular weight excluding hydrogens is 434 g/mol. The van der Waals surface area contributed by atoms with Gasteiger partial charge < -0.3 is 29.0 Å². The molecule has 1 N–H and O–H groups in total. The van der Waals surface area contributed by atoms with Gasteiger partial charge in [0, 0.05) is 36.1 Å². The number of aromatic amines is 1. The molecule has 174 valence electrons. The number of ether oxygens (including phenoxy) is 3. The normalized spacial score (nSPS) is 21.4. The van der Waals surface area contributed by atoms with Crippen molar-refractivity contribution in [2.24, 2.45) is 0 Å². The molecule has 8 nitrogen and oxygen atoms in total. The molecule has 1 aromatic heterocycles. The van der Waals surface area contributed by atoms with Gasteiger partial charge in [-0.1, -0.05) is 30.8 Å². The molecular formula is C26H25N3O5. The van der Waals surface area contributed by atoms with Crippen LogP contribution in [0.4, 0.5) is 0 Å². The number of nitrogens with zero attached hydrogens (tertiary/aromatic N) is 2. The minimum atomic E-state index is -0.661. The second-order valence-electron chi connectivity index (χ2n) is 8.69. The molecule has 0 unspecified atom stereocenters. The Bertz CT molecular complexity index is 1290. The maximum atomic E-state index is 13.8. The average molecular weight is 460 g/mol. The summed E-state index contributed by atoms with van der Waals surface area (Å²) in [4.78, 5) is 34.2. The van der Waals surface area contributed by atoms with E-state index in [1.54, 1.807) is 9.80 Å². The van der Waals surface area contributed by atoms with E-state index in [0.717, 1.165) is 27.7 Å². The summed E-state index contributed by atoms with van der Waals surface area (Å²) in [5.74, 6) is 0.931. The van der Waals surface area contributed by atoms with Gasteiger partial charge in [-0.05, 0) is 35.4 Å². The summed E-state index contributed by atoms with van der Waals surface area (Å²) in [6, 6.07) is 12.5. The van der Waals surface area contributed by atoms with Crippen LogP contribution in [0, 0.1) is 0 Å². The number of hydrogen-bond acceptors (Lipinski definition) is 5. The Hall–Kier alpha value is -3.78. The number of rotatable bonds is 3. The van der Waals surface area contributed by atoms with Gasteiger partial charge in [-0.2, -0.15) is 0 Å². The van der Waals surface area contributed by atoms with Crippen molar-refractivity contribution in [1.29, 1.82) is 0 Å². The standard InChI is InChI=1S/C26H25N3O5/c1-2-23(30)29-20(26(31)28-9-11-32-12-10-28)14-18-17-5-3-4-6-19(17)27-24(18)25(29)16-7-8-21-22(13-16)34-15-33-21/h2-8,13,20,25,27H,1,9-12,14-15H2/t20-,25+/m0/s1. The van der Waals surface area contributed by atoms with Crippen LogP contribution in [-0.2, 0) is 20.7 Å². The Balaban J connectivity index is 1.53. The van der Waals surface area contributed by atoms with E-state index in [0.29, 0.717) is 44.2 Å². The maximum absolute atomic E-state index is 13.8. The second-order valence-corrected chi connectivity index (χ2v) is 8.69. The van der Waals surface area contributed by atoms with E-state index in [1.807, 2.05) is 36.4 Å². The minimum absolute atomic E-state index is 0.0693. The first-order valence-corrected chi connectivity index (χ1v) is 11.5. The highest BCUT2D eigenvalue weighted by Gasteiger charge is 2.44. The zero-order valence-corrected chi connectivity index (χ0v) is 18.7. The molecule has 0 aliphatic carbocycles. The van der Waals surface area contributed by atoms with Crippen molar-refractivity contribution in [3.8, 4) is 11.5 Å². The molecule has 2 atom stereocenters. The average Bonchev–Trinajstić information content (AvgIpc) is 3.51. The molecule has 4 heterocycles. The van der Waals surface area contributed by atoms with E-state index >= 15 is 0 Å². The van der Waals surface area contributed by atoms with Crippen molar-refractivity contribution in [1.82, 2.24) is 14.8 Å². The lowest BCUT2D eigenvalue weighted by atomic mass is 9.87. The molecule has 0 saturated carbocycles. The number of carbonyl (C=O) groups is 2. The minimum Gasteiger partial charge on any atom is -0.454 e. The van der Waals surface area contributed by atoms with Crippen LogP contribution in [0.25, 0.3) is 10.9 Å². The Labute approximate surface area is 196 Å². The SMILES string of the molecule is C=CC(=O)N1[C@H](c2ccc3c(c2)OCO3)c2[nH]c3ccccc3c2C[C@H]1C(=O)N1CCOCC1. The Morgan fingerprint density at radius 1 is 1.06 bits per heavy atom. The fourth-order valence-electron chi connectivity index (χ4n) is 5.28. The lowest BCUT2D eigenvalue weighted by Crippen LogP contribution is -2.56. The molecule has 3 aromatic rings. The van der Waals surface area contributed by atoms with Crippen molar-refractivity contribution in [2.45, 2.75) is 18.5 Å². The van der Waals surface area contributed by atoms with Crippen molar-refractivity contribution in [3.05, 3.63) is 71.9 Å². The summed E-state index contributed by atoms with van der Waals surface area (Å²) in [6.07, 6.45) is 1.71. The van der Waals surface area contributed by atoms with Gasteiger partial charge >= 0.3 is 0 Å². The summed E-state index contributed by atoms with van der Waals surface area (Å²) >= 11 is 0. The second kappa shape index (κ2) is 8.22. The van der Waals surface area contributed by atoms with Gasteiger partial charge in [0.1, 0.15) is 6.04 Å². The number of hydrogen-bond donors (Lipinski definition) is 1. The van der Waals surface area contributed by atoms with Gasteiger partial charge in [0.05, 0.1) is 19.3 Å². The third-order valence-electron chi connectivity index (χ3n) is 6.88. The number of para-hydroxylation sites is 1. The molecule has 0 radical (unpaired) electrons. The van der Waals surface area contributed by atoms with Crippen LogP contribution in [0.3, 0.4) is 0 Å². The van der Waals surface area contributed by atoms with Crippen molar-refractivity contribution >= 4 is 22.7 Å². The largest absolute Gasteiger partial charge is 0.454 e. The van der Waals surface area contributed by atoms with E-state index in [2.05, 4.69) is 17.6 Å². The number of amides is 2. The summed E-state index contributed by atoms with van der Waals surface area (Å²) in [7, 11) is 0. The number of aromatic nitrogens is 1.